The zero-order valence-electron chi connectivity index (χ0n) is 18.6. The highest BCUT2D eigenvalue weighted by atomic mass is 79.9. The van der Waals surface area contributed by atoms with E-state index in [1.165, 1.54) is 17.0 Å². The Labute approximate surface area is 201 Å². The van der Waals surface area contributed by atoms with Gasteiger partial charge in [-0.1, -0.05) is 58.4 Å². The first-order chi connectivity index (χ1) is 15.9. The number of likely N-dealkylation sites (N-methyl/N-ethyl adjacent to an activating group) is 1. The van der Waals surface area contributed by atoms with E-state index in [2.05, 4.69) is 21.2 Å². The SMILES string of the molecule is CNC(=O)[C@H](Cc1ccccc1)N(Cc1ccc(F)cc1)C(=O)COc1ccc(Br)c(C)c1. The zero-order valence-corrected chi connectivity index (χ0v) is 20.1. The summed E-state index contributed by atoms with van der Waals surface area (Å²) in [4.78, 5) is 27.7. The molecule has 0 saturated heterocycles. The normalized spacial score (nSPS) is 11.5. The Morgan fingerprint density at radius 2 is 1.73 bits per heavy atom. The number of benzene rings is 3. The van der Waals surface area contributed by atoms with E-state index in [9.17, 15) is 14.0 Å². The average molecular weight is 513 g/mol. The second-order valence-corrected chi connectivity index (χ2v) is 8.52. The fourth-order valence-electron chi connectivity index (χ4n) is 3.44. The van der Waals surface area contributed by atoms with Gasteiger partial charge in [0.05, 0.1) is 0 Å². The molecule has 0 aliphatic heterocycles. The average Bonchev–Trinajstić information content (AvgIpc) is 2.83. The van der Waals surface area contributed by atoms with Crippen LogP contribution < -0.4 is 10.1 Å². The number of aryl methyl sites for hydroxylation is 1. The molecule has 0 aliphatic carbocycles. The molecule has 2 amide bonds. The summed E-state index contributed by atoms with van der Waals surface area (Å²) in [7, 11) is 1.54. The van der Waals surface area contributed by atoms with E-state index in [-0.39, 0.29) is 30.8 Å². The van der Waals surface area contributed by atoms with Gasteiger partial charge in [-0.2, -0.15) is 0 Å². The van der Waals surface area contributed by atoms with Crippen LogP contribution in [0, 0.1) is 12.7 Å². The number of halogens is 2. The number of hydrogen-bond donors (Lipinski definition) is 1. The minimum absolute atomic E-state index is 0.146. The minimum Gasteiger partial charge on any atom is -0.484 e. The van der Waals surface area contributed by atoms with Crippen molar-refractivity contribution in [3.05, 3.63) is 99.8 Å². The van der Waals surface area contributed by atoms with Crippen LogP contribution in [0.1, 0.15) is 16.7 Å². The fraction of sp³-hybridized carbons (Fsp3) is 0.231. The van der Waals surface area contributed by atoms with Crippen LogP contribution in [0.15, 0.2) is 77.3 Å². The summed E-state index contributed by atoms with van der Waals surface area (Å²) in [5, 5.41) is 2.66. The number of carbonyl (C=O) groups excluding carboxylic acids is 2. The van der Waals surface area contributed by atoms with Crippen molar-refractivity contribution in [2.24, 2.45) is 0 Å². The smallest absolute Gasteiger partial charge is 0.261 e. The number of ether oxygens (including phenoxy) is 1. The predicted molar refractivity (Wildman–Crippen MR) is 129 cm³/mol. The molecule has 3 rings (SSSR count). The standard InChI is InChI=1S/C26H26BrFN2O3/c1-18-14-22(12-13-23(18)27)33-17-25(31)30(16-20-8-10-21(28)11-9-20)24(26(32)29-2)15-19-6-4-3-5-7-19/h3-14,24H,15-17H2,1-2H3,(H,29,32)/t24-/m0/s1. The lowest BCUT2D eigenvalue weighted by atomic mass is 10.0. The van der Waals surface area contributed by atoms with Gasteiger partial charge in [0, 0.05) is 24.5 Å². The second kappa shape index (κ2) is 11.6. The van der Waals surface area contributed by atoms with Crippen LogP contribution in [-0.2, 0) is 22.6 Å². The first kappa shape index (κ1) is 24.5. The van der Waals surface area contributed by atoms with Crippen LogP contribution in [0.4, 0.5) is 4.39 Å². The van der Waals surface area contributed by atoms with E-state index in [1.54, 1.807) is 25.2 Å². The lowest BCUT2D eigenvalue weighted by Crippen LogP contribution is -2.51. The molecule has 0 saturated carbocycles. The van der Waals surface area contributed by atoms with E-state index >= 15 is 0 Å². The fourth-order valence-corrected chi connectivity index (χ4v) is 3.69. The van der Waals surface area contributed by atoms with Gasteiger partial charge >= 0.3 is 0 Å². The molecular formula is C26H26BrFN2O3. The van der Waals surface area contributed by atoms with Crippen LogP contribution in [0.5, 0.6) is 5.75 Å². The lowest BCUT2D eigenvalue weighted by Gasteiger charge is -2.31. The molecule has 3 aromatic carbocycles. The van der Waals surface area contributed by atoms with Crippen LogP contribution in [0.2, 0.25) is 0 Å². The first-order valence-electron chi connectivity index (χ1n) is 10.6. The Morgan fingerprint density at radius 3 is 2.36 bits per heavy atom. The Balaban J connectivity index is 1.86. The Morgan fingerprint density at radius 1 is 1.03 bits per heavy atom. The van der Waals surface area contributed by atoms with Crippen LogP contribution in [-0.4, -0.2) is 36.4 Å². The highest BCUT2D eigenvalue weighted by Gasteiger charge is 2.30. The van der Waals surface area contributed by atoms with E-state index in [4.69, 9.17) is 4.74 Å². The third kappa shape index (κ3) is 6.89. The summed E-state index contributed by atoms with van der Waals surface area (Å²) < 4.78 is 20.1. The van der Waals surface area contributed by atoms with Crippen molar-refractivity contribution in [3.63, 3.8) is 0 Å². The molecule has 0 aromatic heterocycles. The lowest BCUT2D eigenvalue weighted by molar-refractivity contribution is -0.142. The topological polar surface area (TPSA) is 58.6 Å². The van der Waals surface area contributed by atoms with Gasteiger partial charge in [0.25, 0.3) is 5.91 Å². The Kier molecular flexibility index (Phi) is 8.60. The maximum atomic E-state index is 13.4. The van der Waals surface area contributed by atoms with Crippen molar-refractivity contribution in [3.8, 4) is 5.75 Å². The van der Waals surface area contributed by atoms with Gasteiger partial charge in [0.2, 0.25) is 5.91 Å². The van der Waals surface area contributed by atoms with Gasteiger partial charge in [0.1, 0.15) is 17.6 Å². The molecule has 5 nitrogen and oxygen atoms in total. The second-order valence-electron chi connectivity index (χ2n) is 7.67. The van der Waals surface area contributed by atoms with Gasteiger partial charge in [-0.15, -0.1) is 0 Å². The van der Waals surface area contributed by atoms with E-state index in [0.717, 1.165) is 15.6 Å². The quantitative estimate of drug-likeness (QED) is 0.453. The third-order valence-corrected chi connectivity index (χ3v) is 6.17. The van der Waals surface area contributed by atoms with Crippen LogP contribution in [0.25, 0.3) is 0 Å². The molecule has 0 unspecified atom stereocenters. The highest BCUT2D eigenvalue weighted by Crippen LogP contribution is 2.22. The summed E-state index contributed by atoms with van der Waals surface area (Å²) in [6, 6.07) is 20.1. The van der Waals surface area contributed by atoms with Crippen molar-refractivity contribution in [2.75, 3.05) is 13.7 Å². The summed E-state index contributed by atoms with van der Waals surface area (Å²) in [6.45, 7) is 1.85. The number of hydrogen-bond acceptors (Lipinski definition) is 3. The summed E-state index contributed by atoms with van der Waals surface area (Å²) in [5.74, 6) is -0.429. The number of amides is 2. The zero-order chi connectivity index (χ0) is 23.8. The van der Waals surface area contributed by atoms with Gasteiger partial charge in [0.15, 0.2) is 6.61 Å². The van der Waals surface area contributed by atoms with E-state index < -0.39 is 6.04 Å². The molecular weight excluding hydrogens is 487 g/mol. The molecule has 3 aromatic rings. The van der Waals surface area contributed by atoms with Crippen molar-refractivity contribution in [1.82, 2.24) is 10.2 Å². The summed E-state index contributed by atoms with van der Waals surface area (Å²) in [5.41, 5.74) is 2.62. The van der Waals surface area contributed by atoms with Gasteiger partial charge in [-0.3, -0.25) is 9.59 Å². The third-order valence-electron chi connectivity index (χ3n) is 5.28. The molecule has 172 valence electrons. The van der Waals surface area contributed by atoms with E-state index in [0.29, 0.717) is 17.7 Å². The predicted octanol–water partition coefficient (Wildman–Crippen LogP) is 4.66. The molecule has 0 aliphatic rings. The minimum atomic E-state index is -0.759. The maximum absolute atomic E-state index is 13.4. The number of nitrogens with zero attached hydrogens (tertiary/aromatic N) is 1. The molecule has 0 heterocycles. The molecule has 0 bridgehead atoms. The van der Waals surface area contributed by atoms with Gasteiger partial charge < -0.3 is 15.0 Å². The molecule has 0 fully saturated rings. The van der Waals surface area contributed by atoms with Crippen LogP contribution >= 0.6 is 15.9 Å². The Hall–Kier alpha value is -3.19. The molecule has 1 atom stereocenters. The van der Waals surface area contributed by atoms with Crippen molar-refractivity contribution in [1.29, 1.82) is 0 Å². The highest BCUT2D eigenvalue weighted by molar-refractivity contribution is 9.10. The first-order valence-corrected chi connectivity index (χ1v) is 11.3. The number of nitrogens with one attached hydrogen (secondary N) is 1. The number of rotatable bonds is 9. The monoisotopic (exact) mass is 512 g/mol. The van der Waals surface area contributed by atoms with Crippen molar-refractivity contribution in [2.45, 2.75) is 25.9 Å². The Bertz CT molecular complexity index is 1090. The molecule has 7 heteroatoms. The van der Waals surface area contributed by atoms with Gasteiger partial charge in [-0.05, 0) is 53.9 Å². The summed E-state index contributed by atoms with van der Waals surface area (Å²) >= 11 is 3.45. The van der Waals surface area contributed by atoms with E-state index in [1.807, 2.05) is 49.4 Å². The van der Waals surface area contributed by atoms with Crippen molar-refractivity contribution < 1.29 is 18.7 Å². The van der Waals surface area contributed by atoms with Crippen molar-refractivity contribution >= 4 is 27.7 Å². The largest absolute Gasteiger partial charge is 0.484 e. The van der Waals surface area contributed by atoms with Crippen LogP contribution in [0.3, 0.4) is 0 Å². The molecule has 33 heavy (non-hydrogen) atoms. The number of carbonyl (C=O) groups is 2. The molecule has 0 spiro atoms. The maximum Gasteiger partial charge on any atom is 0.261 e. The molecule has 1 N–H and O–H groups in total. The van der Waals surface area contributed by atoms with Gasteiger partial charge in [-0.25, -0.2) is 4.39 Å². The summed E-state index contributed by atoms with van der Waals surface area (Å²) in [6.07, 6.45) is 0.338. The molecule has 0 radical (unpaired) electrons.